The number of hydrogen-bond donors (Lipinski definition) is 1. The third kappa shape index (κ3) is 5.76. The molecular weight excluding hydrogens is 446 g/mol. The summed E-state index contributed by atoms with van der Waals surface area (Å²) in [5, 5.41) is 11.0. The predicted molar refractivity (Wildman–Crippen MR) is 133 cm³/mol. The summed E-state index contributed by atoms with van der Waals surface area (Å²) in [5.41, 5.74) is 3.25. The number of nitrogens with one attached hydrogen (secondary N) is 1. The molecule has 3 heterocycles. The highest BCUT2D eigenvalue weighted by atomic mass is 16.6. The van der Waals surface area contributed by atoms with Crippen molar-refractivity contribution in [1.29, 1.82) is 0 Å². The van der Waals surface area contributed by atoms with Gasteiger partial charge < -0.3 is 19.9 Å². The van der Waals surface area contributed by atoms with Crippen LogP contribution in [0.25, 0.3) is 5.69 Å². The molecule has 0 aliphatic carbocycles. The van der Waals surface area contributed by atoms with Crippen molar-refractivity contribution in [2.75, 3.05) is 36.4 Å². The highest BCUT2D eigenvalue weighted by molar-refractivity contribution is 6.03. The first kappa shape index (κ1) is 24.2. The van der Waals surface area contributed by atoms with Gasteiger partial charge in [0.25, 0.3) is 5.91 Å². The summed E-state index contributed by atoms with van der Waals surface area (Å²) in [6.45, 7) is 11.9. The van der Waals surface area contributed by atoms with E-state index >= 15 is 0 Å². The van der Waals surface area contributed by atoms with Crippen LogP contribution in [0.15, 0.2) is 42.6 Å². The average molecular weight is 478 g/mol. The van der Waals surface area contributed by atoms with E-state index in [2.05, 4.69) is 25.5 Å². The number of ether oxygens (including phenoxy) is 1. The first-order chi connectivity index (χ1) is 16.6. The third-order valence-corrected chi connectivity index (χ3v) is 5.64. The van der Waals surface area contributed by atoms with Crippen LogP contribution in [0.1, 0.15) is 42.5 Å². The van der Waals surface area contributed by atoms with Gasteiger partial charge in [-0.25, -0.2) is 14.5 Å². The molecule has 3 aromatic rings. The van der Waals surface area contributed by atoms with Crippen LogP contribution in [0, 0.1) is 13.8 Å². The fourth-order valence-electron chi connectivity index (χ4n) is 3.84. The maximum Gasteiger partial charge on any atom is 0.410 e. The van der Waals surface area contributed by atoms with E-state index in [1.165, 1.54) is 0 Å². The fourth-order valence-corrected chi connectivity index (χ4v) is 3.84. The number of carbonyl (C=O) groups is 2. The van der Waals surface area contributed by atoms with Crippen LogP contribution in [0.3, 0.4) is 0 Å². The lowest BCUT2D eigenvalue weighted by Gasteiger charge is -2.36. The van der Waals surface area contributed by atoms with Crippen molar-refractivity contribution in [1.82, 2.24) is 24.9 Å². The minimum atomic E-state index is -0.508. The van der Waals surface area contributed by atoms with Gasteiger partial charge in [0.15, 0.2) is 5.69 Å². The summed E-state index contributed by atoms with van der Waals surface area (Å²) in [6, 6.07) is 11.5. The van der Waals surface area contributed by atoms with Crippen LogP contribution in [0.5, 0.6) is 0 Å². The van der Waals surface area contributed by atoms with Gasteiger partial charge >= 0.3 is 6.09 Å². The van der Waals surface area contributed by atoms with E-state index in [0.717, 1.165) is 16.9 Å². The number of aromatic nitrogens is 4. The number of benzene rings is 1. The molecule has 4 rings (SSSR count). The Balaban J connectivity index is 1.35. The number of pyridine rings is 1. The Kier molecular flexibility index (Phi) is 6.72. The Bertz CT molecular complexity index is 1210. The maximum absolute atomic E-state index is 12.8. The molecule has 10 heteroatoms. The fraction of sp³-hybridized carbons (Fsp3) is 0.400. The third-order valence-electron chi connectivity index (χ3n) is 5.64. The Morgan fingerprint density at radius 2 is 1.74 bits per heavy atom. The zero-order valence-corrected chi connectivity index (χ0v) is 20.8. The van der Waals surface area contributed by atoms with Gasteiger partial charge in [0, 0.05) is 26.2 Å². The SMILES string of the molecule is Cc1cccc(-n2nnc(C(=O)Nc3ccc(N4CCN(C(=O)OC(C)(C)C)CC4)cn3)c2C)c1. The van der Waals surface area contributed by atoms with Crippen LogP contribution in [0.4, 0.5) is 16.3 Å². The van der Waals surface area contributed by atoms with Gasteiger partial charge in [-0.2, -0.15) is 0 Å². The molecule has 0 unspecified atom stereocenters. The first-order valence-corrected chi connectivity index (χ1v) is 11.6. The molecule has 2 amide bonds. The number of piperazine rings is 1. The van der Waals surface area contributed by atoms with Crippen LogP contribution in [0.2, 0.25) is 0 Å². The Labute approximate surface area is 204 Å². The lowest BCUT2D eigenvalue weighted by molar-refractivity contribution is 0.0240. The summed E-state index contributed by atoms with van der Waals surface area (Å²) in [6.07, 6.45) is 1.43. The second kappa shape index (κ2) is 9.73. The van der Waals surface area contributed by atoms with E-state index in [4.69, 9.17) is 4.74 Å². The Morgan fingerprint density at radius 1 is 1.00 bits per heavy atom. The Morgan fingerprint density at radius 3 is 2.37 bits per heavy atom. The summed E-state index contributed by atoms with van der Waals surface area (Å²) < 4.78 is 7.10. The number of rotatable bonds is 4. The predicted octanol–water partition coefficient (Wildman–Crippen LogP) is 3.59. The van der Waals surface area contributed by atoms with E-state index in [-0.39, 0.29) is 17.7 Å². The maximum atomic E-state index is 12.8. The minimum absolute atomic E-state index is 0.246. The molecule has 0 atom stereocenters. The molecule has 1 saturated heterocycles. The molecule has 1 aliphatic rings. The van der Waals surface area contributed by atoms with Crippen molar-refractivity contribution >= 4 is 23.5 Å². The highest BCUT2D eigenvalue weighted by Crippen LogP contribution is 2.20. The van der Waals surface area contributed by atoms with Gasteiger partial charge in [-0.1, -0.05) is 17.3 Å². The molecular formula is C25H31N7O3. The summed E-state index contributed by atoms with van der Waals surface area (Å²) in [4.78, 5) is 33.3. The Hall–Kier alpha value is -3.95. The average Bonchev–Trinajstić information content (AvgIpc) is 3.20. The second-order valence-corrected chi connectivity index (χ2v) is 9.58. The molecule has 1 fully saturated rings. The molecule has 1 N–H and O–H groups in total. The summed E-state index contributed by atoms with van der Waals surface area (Å²) in [5.74, 6) is 0.0586. The number of hydrogen-bond acceptors (Lipinski definition) is 7. The molecule has 0 bridgehead atoms. The van der Waals surface area contributed by atoms with Crippen LogP contribution >= 0.6 is 0 Å². The number of amides is 2. The van der Waals surface area contributed by atoms with Gasteiger partial charge in [-0.05, 0) is 64.4 Å². The standard InChI is InChI=1S/C25H31N7O3/c1-17-7-6-8-19(15-17)32-18(2)22(28-29-32)23(33)27-21-10-9-20(16-26-21)30-11-13-31(14-12-30)24(34)35-25(3,4)5/h6-10,15-16H,11-14H2,1-5H3,(H,26,27,33). The van der Waals surface area contributed by atoms with E-state index < -0.39 is 5.60 Å². The van der Waals surface area contributed by atoms with Crippen molar-refractivity contribution in [2.24, 2.45) is 0 Å². The zero-order chi connectivity index (χ0) is 25.2. The van der Waals surface area contributed by atoms with E-state index in [0.29, 0.717) is 37.7 Å². The van der Waals surface area contributed by atoms with Crippen molar-refractivity contribution < 1.29 is 14.3 Å². The normalized spacial score (nSPS) is 14.1. The minimum Gasteiger partial charge on any atom is -0.444 e. The van der Waals surface area contributed by atoms with Gasteiger partial charge in [0.05, 0.1) is 23.3 Å². The van der Waals surface area contributed by atoms with Crippen LogP contribution in [-0.4, -0.2) is 68.7 Å². The van der Waals surface area contributed by atoms with Gasteiger partial charge in [0.1, 0.15) is 11.4 Å². The first-order valence-electron chi connectivity index (χ1n) is 11.6. The molecule has 184 valence electrons. The van der Waals surface area contributed by atoms with E-state index in [1.807, 2.05) is 65.0 Å². The van der Waals surface area contributed by atoms with E-state index in [1.54, 1.807) is 21.8 Å². The molecule has 0 radical (unpaired) electrons. The quantitative estimate of drug-likeness (QED) is 0.612. The number of anilines is 2. The largest absolute Gasteiger partial charge is 0.444 e. The van der Waals surface area contributed by atoms with E-state index in [9.17, 15) is 9.59 Å². The molecule has 1 aromatic carbocycles. The highest BCUT2D eigenvalue weighted by Gasteiger charge is 2.26. The number of nitrogens with zero attached hydrogens (tertiary/aromatic N) is 6. The van der Waals surface area contributed by atoms with Gasteiger partial charge in [0.2, 0.25) is 0 Å². The lowest BCUT2D eigenvalue weighted by Crippen LogP contribution is -2.50. The number of aryl methyl sites for hydroxylation is 1. The van der Waals surface area contributed by atoms with Crippen molar-refractivity contribution in [3.8, 4) is 5.69 Å². The second-order valence-electron chi connectivity index (χ2n) is 9.58. The van der Waals surface area contributed by atoms with Crippen molar-refractivity contribution in [3.05, 3.63) is 59.5 Å². The topological polar surface area (TPSA) is 105 Å². The molecule has 0 spiro atoms. The lowest BCUT2D eigenvalue weighted by atomic mass is 10.2. The molecule has 0 saturated carbocycles. The summed E-state index contributed by atoms with van der Waals surface area (Å²) >= 11 is 0. The van der Waals surface area contributed by atoms with Crippen molar-refractivity contribution in [3.63, 3.8) is 0 Å². The van der Waals surface area contributed by atoms with Crippen LogP contribution in [-0.2, 0) is 4.74 Å². The molecule has 2 aromatic heterocycles. The number of carbonyl (C=O) groups excluding carboxylic acids is 2. The smallest absolute Gasteiger partial charge is 0.410 e. The summed E-state index contributed by atoms with van der Waals surface area (Å²) in [7, 11) is 0. The van der Waals surface area contributed by atoms with Gasteiger partial charge in [-0.3, -0.25) is 4.79 Å². The molecule has 10 nitrogen and oxygen atoms in total. The zero-order valence-electron chi connectivity index (χ0n) is 20.8. The molecule has 1 aliphatic heterocycles. The van der Waals surface area contributed by atoms with Crippen LogP contribution < -0.4 is 10.2 Å². The van der Waals surface area contributed by atoms with Gasteiger partial charge in [-0.15, -0.1) is 5.10 Å². The van der Waals surface area contributed by atoms with Crippen molar-refractivity contribution in [2.45, 2.75) is 40.2 Å². The monoisotopic (exact) mass is 477 g/mol. The molecule has 35 heavy (non-hydrogen) atoms.